The van der Waals surface area contributed by atoms with Gasteiger partial charge in [0.05, 0.1) is 36.4 Å². The number of ether oxygens (including phenoxy) is 2. The molecule has 0 spiro atoms. The number of aryl methyl sites for hydroxylation is 1. The Hall–Kier alpha value is -3.31. The highest BCUT2D eigenvalue weighted by atomic mass is 35.5. The molecule has 1 fully saturated rings. The average molecular weight is 594 g/mol. The summed E-state index contributed by atoms with van der Waals surface area (Å²) in [7, 11) is 3.27. The summed E-state index contributed by atoms with van der Waals surface area (Å²) >= 11 is 6.56. The summed E-state index contributed by atoms with van der Waals surface area (Å²) in [6.07, 6.45) is 5.28. The predicted molar refractivity (Wildman–Crippen MR) is 161 cm³/mol. The second kappa shape index (κ2) is 12.7. The Kier molecular flexibility index (Phi) is 9.03. The van der Waals surface area contributed by atoms with Gasteiger partial charge in [-0.3, -0.25) is 9.69 Å². The van der Waals surface area contributed by atoms with Crippen LogP contribution >= 0.6 is 11.6 Å². The van der Waals surface area contributed by atoms with Crippen LogP contribution in [-0.4, -0.2) is 86.5 Å². The van der Waals surface area contributed by atoms with Crippen LogP contribution in [-0.2, 0) is 21.3 Å². The lowest BCUT2D eigenvalue weighted by Crippen LogP contribution is -2.50. The van der Waals surface area contributed by atoms with Gasteiger partial charge in [-0.2, -0.15) is 0 Å². The molecule has 1 N–H and O–H groups in total. The van der Waals surface area contributed by atoms with Crippen molar-refractivity contribution in [2.45, 2.75) is 32.0 Å². The normalized spacial score (nSPS) is 17.8. The predicted octanol–water partition coefficient (Wildman–Crippen LogP) is 3.75. The van der Waals surface area contributed by atoms with Gasteiger partial charge in [0.2, 0.25) is 5.91 Å². The topological polar surface area (TPSA) is 88.9 Å². The van der Waals surface area contributed by atoms with Crippen molar-refractivity contribution in [1.82, 2.24) is 24.7 Å². The van der Waals surface area contributed by atoms with Crippen LogP contribution in [0.3, 0.4) is 0 Å². The maximum atomic E-state index is 12.9. The number of aromatic nitrogens is 2. The molecule has 3 aromatic rings. The Morgan fingerprint density at radius 2 is 1.98 bits per heavy atom. The van der Waals surface area contributed by atoms with Gasteiger partial charge in [0.1, 0.15) is 6.61 Å². The molecule has 3 heterocycles. The summed E-state index contributed by atoms with van der Waals surface area (Å²) in [5.41, 5.74) is 7.39. The number of rotatable bonds is 7. The SMILES string of the molecule is COCC(=O)NC(C1=Cc2cc(Cl)ccc2C(N2CCN(C(=O)OC(C)C)CC2)c2[siH]cccc21)c1cncn1C. The Bertz CT molecular complexity index is 1450. The largest absolute Gasteiger partial charge is 0.447 e. The lowest BCUT2D eigenvalue weighted by Gasteiger charge is -2.40. The minimum Gasteiger partial charge on any atom is -0.447 e. The molecular formula is C30H36ClN5O4Si. The molecule has 1 aliphatic heterocycles. The number of benzene rings is 1. The number of methoxy groups -OCH3 is 1. The molecule has 1 saturated heterocycles. The van der Waals surface area contributed by atoms with Crippen LogP contribution in [0.5, 0.6) is 0 Å². The Morgan fingerprint density at radius 1 is 1.20 bits per heavy atom. The number of fused-ring (bicyclic) bond motifs is 2. The number of hydrogen-bond donors (Lipinski definition) is 1. The first-order valence-corrected chi connectivity index (χ1v) is 15.4. The second-order valence-electron chi connectivity index (χ2n) is 10.7. The van der Waals surface area contributed by atoms with E-state index >= 15 is 0 Å². The minimum atomic E-state index is -0.453. The average Bonchev–Trinajstić information content (AvgIpc) is 3.31. The van der Waals surface area contributed by atoms with Gasteiger partial charge in [-0.05, 0) is 59.5 Å². The first-order chi connectivity index (χ1) is 19.8. The van der Waals surface area contributed by atoms with E-state index < -0.39 is 6.04 Å². The number of piperazine rings is 1. The standard InChI is InChI=1S/C30H36ClN5O4Si/c1-19(2)40-30(38)36-11-9-35(10-12-36)28-22-8-7-21(31)14-20(22)15-24(23-6-5-13-41-29(23)28)27(33-26(37)17-39-4)25-16-32-18-34(25)3/h5-8,13-16,18-19,27-28,41H,9-12,17H2,1-4H3,(H,33,37). The molecule has 41 heavy (non-hydrogen) atoms. The van der Waals surface area contributed by atoms with Crippen LogP contribution < -0.4 is 5.32 Å². The van der Waals surface area contributed by atoms with Crippen molar-refractivity contribution in [2.24, 2.45) is 7.05 Å². The molecule has 2 atom stereocenters. The summed E-state index contributed by atoms with van der Waals surface area (Å²) in [4.78, 5) is 34.1. The molecule has 9 nitrogen and oxygen atoms in total. The van der Waals surface area contributed by atoms with Crippen molar-refractivity contribution in [3.8, 4) is 0 Å². The number of nitrogens with one attached hydrogen (secondary N) is 1. The van der Waals surface area contributed by atoms with E-state index in [1.165, 1.54) is 17.8 Å². The van der Waals surface area contributed by atoms with Crippen LogP contribution in [0.25, 0.3) is 11.6 Å². The molecule has 2 amide bonds. The van der Waals surface area contributed by atoms with Gasteiger partial charge in [0, 0.05) is 54.5 Å². The van der Waals surface area contributed by atoms with Gasteiger partial charge in [-0.15, -0.1) is 0 Å². The van der Waals surface area contributed by atoms with Crippen LogP contribution in [0.15, 0.2) is 48.5 Å². The van der Waals surface area contributed by atoms with Gasteiger partial charge < -0.3 is 24.3 Å². The number of nitrogens with zero attached hydrogens (tertiary/aromatic N) is 4. The summed E-state index contributed by atoms with van der Waals surface area (Å²) in [5.74, 6) is -0.211. The quantitative estimate of drug-likeness (QED) is 0.420. The summed E-state index contributed by atoms with van der Waals surface area (Å²) < 4.78 is 12.5. The Morgan fingerprint density at radius 3 is 2.66 bits per heavy atom. The highest BCUT2D eigenvalue weighted by Crippen LogP contribution is 2.43. The smallest absolute Gasteiger partial charge is 0.410 e. The molecule has 1 aromatic carbocycles. The lowest BCUT2D eigenvalue weighted by molar-refractivity contribution is -0.125. The fourth-order valence-electron chi connectivity index (χ4n) is 5.69. The molecule has 2 aromatic heterocycles. The Balaban J connectivity index is 1.59. The fraction of sp³-hybridized carbons (Fsp3) is 0.400. The van der Waals surface area contributed by atoms with E-state index in [0.717, 1.165) is 22.4 Å². The van der Waals surface area contributed by atoms with Gasteiger partial charge in [-0.25, -0.2) is 9.78 Å². The fourth-order valence-corrected chi connectivity index (χ4v) is 7.32. The van der Waals surface area contributed by atoms with E-state index in [9.17, 15) is 9.59 Å². The third kappa shape index (κ3) is 6.30. The lowest BCUT2D eigenvalue weighted by atomic mass is 9.94. The monoisotopic (exact) mass is 593 g/mol. The zero-order valence-corrected chi connectivity index (χ0v) is 25.8. The third-order valence-electron chi connectivity index (χ3n) is 7.54. The first-order valence-electron chi connectivity index (χ1n) is 13.8. The van der Waals surface area contributed by atoms with Crippen molar-refractivity contribution in [1.29, 1.82) is 0 Å². The molecule has 2 unspecified atom stereocenters. The van der Waals surface area contributed by atoms with Gasteiger partial charge >= 0.3 is 6.09 Å². The highest BCUT2D eigenvalue weighted by molar-refractivity contribution is 6.33. The van der Waals surface area contributed by atoms with Crippen molar-refractivity contribution < 1.29 is 19.1 Å². The van der Waals surface area contributed by atoms with Crippen molar-refractivity contribution in [3.63, 3.8) is 0 Å². The summed E-state index contributed by atoms with van der Waals surface area (Å²) in [6, 6.07) is 9.88. The van der Waals surface area contributed by atoms with Gasteiger partial charge in [-0.1, -0.05) is 35.5 Å². The maximum Gasteiger partial charge on any atom is 0.410 e. The summed E-state index contributed by atoms with van der Waals surface area (Å²) in [6.45, 7) is 6.30. The van der Waals surface area contributed by atoms with Crippen LogP contribution in [0.2, 0.25) is 5.02 Å². The molecule has 11 heteroatoms. The van der Waals surface area contributed by atoms with Crippen molar-refractivity contribution in [2.75, 3.05) is 39.9 Å². The molecule has 216 valence electrons. The van der Waals surface area contributed by atoms with E-state index in [1.54, 1.807) is 17.4 Å². The number of imidazole rings is 1. The zero-order chi connectivity index (χ0) is 29.1. The van der Waals surface area contributed by atoms with Crippen LogP contribution in [0.1, 0.15) is 53.5 Å². The second-order valence-corrected chi connectivity index (χ2v) is 12.5. The number of amides is 2. The van der Waals surface area contributed by atoms with E-state index in [4.69, 9.17) is 21.1 Å². The maximum absolute atomic E-state index is 12.9. The molecule has 1 aliphatic carbocycles. The molecule has 0 radical (unpaired) electrons. The minimum absolute atomic E-state index is 0.00681. The molecule has 5 rings (SSSR count). The zero-order valence-electron chi connectivity index (χ0n) is 23.8. The first kappa shape index (κ1) is 29.2. The van der Waals surface area contributed by atoms with Crippen LogP contribution in [0, 0.1) is 0 Å². The number of hydrogen-bond acceptors (Lipinski definition) is 6. The van der Waals surface area contributed by atoms with Crippen LogP contribution in [0.4, 0.5) is 4.79 Å². The van der Waals surface area contributed by atoms with E-state index in [0.29, 0.717) is 31.2 Å². The molecule has 2 aliphatic rings. The van der Waals surface area contributed by atoms with Gasteiger partial charge in [0.15, 0.2) is 0 Å². The van der Waals surface area contributed by atoms with E-state index in [-0.39, 0.29) is 39.9 Å². The van der Waals surface area contributed by atoms with E-state index in [2.05, 4.69) is 45.2 Å². The molecule has 0 saturated carbocycles. The number of halogens is 1. The third-order valence-corrected chi connectivity index (χ3v) is 9.17. The molecular weight excluding hydrogens is 558 g/mol. The summed E-state index contributed by atoms with van der Waals surface area (Å²) in [5, 5.41) is 5.17. The van der Waals surface area contributed by atoms with Crippen molar-refractivity contribution >= 4 is 44.4 Å². The van der Waals surface area contributed by atoms with Gasteiger partial charge in [0.25, 0.3) is 0 Å². The highest BCUT2D eigenvalue weighted by Gasteiger charge is 2.35. The Labute approximate surface area is 247 Å². The number of carbonyl (C=O) groups is 2. The number of carbonyl (C=O) groups excluding carboxylic acids is 2. The molecule has 0 bridgehead atoms. The van der Waals surface area contributed by atoms with Crippen molar-refractivity contribution in [3.05, 3.63) is 81.1 Å². The van der Waals surface area contributed by atoms with E-state index in [1.807, 2.05) is 37.6 Å².